The van der Waals surface area contributed by atoms with Crippen LogP contribution in [0.15, 0.2) is 84.9 Å². The van der Waals surface area contributed by atoms with Gasteiger partial charge in [-0.2, -0.15) is 0 Å². The SMILES string of the molecule is Cc1ccc(-c2cc(-c3ccccc3)c3c(c2)[nH]c2ccc(Cl)cc23)cc1. The Hall–Kier alpha value is -3.03. The van der Waals surface area contributed by atoms with E-state index >= 15 is 0 Å². The predicted octanol–water partition coefficient (Wildman–Crippen LogP) is 7.62. The van der Waals surface area contributed by atoms with Gasteiger partial charge in [-0.3, -0.25) is 0 Å². The number of H-pyrrole nitrogens is 1. The molecule has 0 aliphatic heterocycles. The monoisotopic (exact) mass is 367 g/mol. The van der Waals surface area contributed by atoms with Crippen LogP contribution in [0.3, 0.4) is 0 Å². The van der Waals surface area contributed by atoms with E-state index in [1.807, 2.05) is 12.1 Å². The Morgan fingerprint density at radius 3 is 2.22 bits per heavy atom. The van der Waals surface area contributed by atoms with Crippen LogP contribution >= 0.6 is 11.6 Å². The Kier molecular flexibility index (Phi) is 3.77. The molecule has 4 aromatic carbocycles. The zero-order valence-corrected chi connectivity index (χ0v) is 15.7. The molecule has 0 saturated heterocycles. The molecule has 0 amide bonds. The molecule has 0 fully saturated rings. The maximum absolute atomic E-state index is 6.30. The lowest BCUT2D eigenvalue weighted by Gasteiger charge is -2.10. The van der Waals surface area contributed by atoms with Crippen LogP contribution in [-0.4, -0.2) is 4.98 Å². The van der Waals surface area contributed by atoms with Gasteiger partial charge in [-0.25, -0.2) is 0 Å². The molecular formula is C25H18ClN. The van der Waals surface area contributed by atoms with Crippen molar-refractivity contribution >= 4 is 33.4 Å². The van der Waals surface area contributed by atoms with Crippen LogP contribution in [0.5, 0.6) is 0 Å². The second-order valence-corrected chi connectivity index (χ2v) is 7.43. The summed E-state index contributed by atoms with van der Waals surface area (Å²) in [5.41, 5.74) is 8.35. The Labute approximate surface area is 163 Å². The third-order valence-electron chi connectivity index (χ3n) is 5.13. The zero-order chi connectivity index (χ0) is 18.4. The molecule has 0 saturated carbocycles. The lowest BCUT2D eigenvalue weighted by atomic mass is 9.94. The fraction of sp³-hybridized carbons (Fsp3) is 0.0400. The van der Waals surface area contributed by atoms with E-state index in [2.05, 4.69) is 84.7 Å². The quantitative estimate of drug-likeness (QED) is 0.330. The van der Waals surface area contributed by atoms with Gasteiger partial charge in [0, 0.05) is 26.8 Å². The second kappa shape index (κ2) is 6.29. The number of rotatable bonds is 2. The van der Waals surface area contributed by atoms with Gasteiger partial charge >= 0.3 is 0 Å². The van der Waals surface area contributed by atoms with Gasteiger partial charge in [0.15, 0.2) is 0 Å². The standard InChI is InChI=1S/C25H18ClN/c1-16-7-9-17(10-8-16)19-13-21(18-5-3-2-4-6-18)25-22-15-20(26)11-12-23(22)27-24(25)14-19/h2-15,27H,1H3. The third kappa shape index (κ3) is 2.81. The minimum absolute atomic E-state index is 0.755. The Bertz CT molecular complexity index is 1260. The van der Waals surface area contributed by atoms with Gasteiger partial charge in [0.25, 0.3) is 0 Å². The molecule has 130 valence electrons. The molecular weight excluding hydrogens is 350 g/mol. The lowest BCUT2D eigenvalue weighted by Crippen LogP contribution is -1.84. The molecule has 0 atom stereocenters. The molecule has 0 unspecified atom stereocenters. The summed E-state index contributed by atoms with van der Waals surface area (Å²) < 4.78 is 0. The fourth-order valence-electron chi connectivity index (χ4n) is 3.77. The van der Waals surface area contributed by atoms with Crippen molar-refractivity contribution in [1.29, 1.82) is 0 Å². The van der Waals surface area contributed by atoms with Crippen molar-refractivity contribution in [2.75, 3.05) is 0 Å². The topological polar surface area (TPSA) is 15.8 Å². The molecule has 0 spiro atoms. The van der Waals surface area contributed by atoms with Crippen LogP contribution in [0.2, 0.25) is 5.02 Å². The molecule has 0 aliphatic carbocycles. The molecule has 1 aromatic heterocycles. The largest absolute Gasteiger partial charge is 0.354 e. The maximum atomic E-state index is 6.30. The van der Waals surface area contributed by atoms with E-state index in [0.717, 1.165) is 21.4 Å². The summed E-state index contributed by atoms with van der Waals surface area (Å²) >= 11 is 6.30. The molecule has 0 radical (unpaired) electrons. The number of hydrogen-bond acceptors (Lipinski definition) is 0. The summed E-state index contributed by atoms with van der Waals surface area (Å²) in [4.78, 5) is 3.58. The number of halogens is 1. The van der Waals surface area contributed by atoms with Gasteiger partial charge in [0.1, 0.15) is 0 Å². The maximum Gasteiger partial charge on any atom is 0.0477 e. The molecule has 0 bridgehead atoms. The average Bonchev–Trinajstić information content (AvgIpc) is 3.06. The lowest BCUT2D eigenvalue weighted by molar-refractivity contribution is 1.47. The Morgan fingerprint density at radius 1 is 0.667 bits per heavy atom. The highest BCUT2D eigenvalue weighted by Gasteiger charge is 2.13. The molecule has 1 N–H and O–H groups in total. The average molecular weight is 368 g/mol. The van der Waals surface area contributed by atoms with Gasteiger partial charge in [0.2, 0.25) is 0 Å². The molecule has 27 heavy (non-hydrogen) atoms. The summed E-state index contributed by atoms with van der Waals surface area (Å²) in [5, 5.41) is 3.13. The van der Waals surface area contributed by atoms with Crippen molar-refractivity contribution in [2.24, 2.45) is 0 Å². The Morgan fingerprint density at radius 2 is 1.44 bits per heavy atom. The third-order valence-corrected chi connectivity index (χ3v) is 5.36. The fourth-order valence-corrected chi connectivity index (χ4v) is 3.94. The van der Waals surface area contributed by atoms with Gasteiger partial charge in [-0.15, -0.1) is 0 Å². The second-order valence-electron chi connectivity index (χ2n) is 6.99. The normalized spacial score (nSPS) is 11.3. The smallest absolute Gasteiger partial charge is 0.0477 e. The van der Waals surface area contributed by atoms with E-state index in [0.29, 0.717) is 0 Å². The van der Waals surface area contributed by atoms with Gasteiger partial charge in [0.05, 0.1) is 0 Å². The predicted molar refractivity (Wildman–Crippen MR) is 116 cm³/mol. The summed E-state index contributed by atoms with van der Waals surface area (Å²) in [6.07, 6.45) is 0. The first-order valence-corrected chi connectivity index (χ1v) is 9.44. The van der Waals surface area contributed by atoms with Gasteiger partial charge in [-0.1, -0.05) is 71.8 Å². The van der Waals surface area contributed by atoms with Crippen molar-refractivity contribution in [2.45, 2.75) is 6.92 Å². The minimum Gasteiger partial charge on any atom is -0.354 e. The summed E-state index contributed by atoms with van der Waals surface area (Å²) in [5.74, 6) is 0. The van der Waals surface area contributed by atoms with Crippen LogP contribution in [0.25, 0.3) is 44.1 Å². The number of fused-ring (bicyclic) bond motifs is 3. The Balaban J connectivity index is 1.87. The van der Waals surface area contributed by atoms with E-state index in [4.69, 9.17) is 11.6 Å². The minimum atomic E-state index is 0.755. The van der Waals surface area contributed by atoms with Crippen molar-refractivity contribution in [3.63, 3.8) is 0 Å². The van der Waals surface area contributed by atoms with Crippen molar-refractivity contribution < 1.29 is 0 Å². The van der Waals surface area contributed by atoms with Crippen LogP contribution in [0, 0.1) is 6.92 Å². The van der Waals surface area contributed by atoms with E-state index < -0.39 is 0 Å². The van der Waals surface area contributed by atoms with Crippen LogP contribution in [0.1, 0.15) is 5.56 Å². The van der Waals surface area contributed by atoms with E-state index in [-0.39, 0.29) is 0 Å². The van der Waals surface area contributed by atoms with Gasteiger partial charge < -0.3 is 4.98 Å². The van der Waals surface area contributed by atoms with Crippen LogP contribution in [-0.2, 0) is 0 Å². The molecule has 0 aliphatic rings. The zero-order valence-electron chi connectivity index (χ0n) is 15.0. The first kappa shape index (κ1) is 16.2. The summed E-state index contributed by atoms with van der Waals surface area (Å²) in [7, 11) is 0. The first-order valence-electron chi connectivity index (χ1n) is 9.06. The number of hydrogen-bond donors (Lipinski definition) is 1. The van der Waals surface area contributed by atoms with E-state index in [1.165, 1.54) is 33.2 Å². The van der Waals surface area contributed by atoms with E-state index in [1.54, 1.807) is 0 Å². The summed E-state index contributed by atoms with van der Waals surface area (Å²) in [6.45, 7) is 2.11. The van der Waals surface area contributed by atoms with Crippen LogP contribution in [0.4, 0.5) is 0 Å². The highest BCUT2D eigenvalue weighted by Crippen LogP contribution is 2.39. The van der Waals surface area contributed by atoms with Crippen molar-refractivity contribution in [3.8, 4) is 22.3 Å². The van der Waals surface area contributed by atoms with Crippen LogP contribution < -0.4 is 0 Å². The number of aryl methyl sites for hydroxylation is 1. The highest BCUT2D eigenvalue weighted by molar-refractivity contribution is 6.32. The van der Waals surface area contributed by atoms with Gasteiger partial charge in [-0.05, 0) is 59.5 Å². The van der Waals surface area contributed by atoms with E-state index in [9.17, 15) is 0 Å². The molecule has 1 heterocycles. The summed E-state index contributed by atoms with van der Waals surface area (Å²) in [6, 6.07) is 29.8. The number of aromatic nitrogens is 1. The molecule has 5 aromatic rings. The van der Waals surface area contributed by atoms with Crippen molar-refractivity contribution in [1.82, 2.24) is 4.98 Å². The molecule has 2 heteroatoms. The molecule has 1 nitrogen and oxygen atoms in total. The highest BCUT2D eigenvalue weighted by atomic mass is 35.5. The number of aromatic amines is 1. The number of benzene rings is 4. The molecule has 5 rings (SSSR count). The number of nitrogens with one attached hydrogen (secondary N) is 1. The first-order chi connectivity index (χ1) is 13.2. The van der Waals surface area contributed by atoms with Crippen molar-refractivity contribution in [3.05, 3.63) is 95.5 Å².